The summed E-state index contributed by atoms with van der Waals surface area (Å²) >= 11 is 0. The van der Waals surface area contributed by atoms with Crippen molar-refractivity contribution in [3.05, 3.63) is 35.4 Å². The van der Waals surface area contributed by atoms with Gasteiger partial charge in [-0.25, -0.2) is 0 Å². The quantitative estimate of drug-likeness (QED) is 0.799. The van der Waals surface area contributed by atoms with E-state index in [0.29, 0.717) is 31.9 Å². The average Bonchev–Trinajstić information content (AvgIpc) is 3.19. The lowest BCUT2D eigenvalue weighted by molar-refractivity contribution is -0.144. The van der Waals surface area contributed by atoms with Crippen LogP contribution in [0.5, 0.6) is 0 Å². The second-order valence-electron chi connectivity index (χ2n) is 7.92. The summed E-state index contributed by atoms with van der Waals surface area (Å²) in [5, 5.41) is 3.20. The summed E-state index contributed by atoms with van der Waals surface area (Å²) in [6.07, 6.45) is 6.00. The van der Waals surface area contributed by atoms with Crippen LogP contribution in [0.15, 0.2) is 24.3 Å². The zero-order valence-electron chi connectivity index (χ0n) is 16.6. The minimum Gasteiger partial charge on any atom is -0.383 e. The van der Waals surface area contributed by atoms with Gasteiger partial charge in [0.2, 0.25) is 11.8 Å². The number of benzene rings is 1. The molecule has 2 amide bonds. The maximum absolute atomic E-state index is 13.1. The van der Waals surface area contributed by atoms with E-state index in [4.69, 9.17) is 4.74 Å². The van der Waals surface area contributed by atoms with Crippen molar-refractivity contribution in [2.45, 2.75) is 51.5 Å². The molecular formula is C22H32N2O3. The number of carbonyl (C=O) groups is 2. The summed E-state index contributed by atoms with van der Waals surface area (Å²) in [4.78, 5) is 27.6. The third-order valence-electron chi connectivity index (χ3n) is 6.13. The Balaban J connectivity index is 1.81. The second-order valence-corrected chi connectivity index (χ2v) is 7.92. The van der Waals surface area contributed by atoms with Crippen LogP contribution in [0.2, 0.25) is 0 Å². The second kappa shape index (κ2) is 9.36. The highest BCUT2D eigenvalue weighted by Gasteiger charge is 2.41. The van der Waals surface area contributed by atoms with Gasteiger partial charge in [-0.2, -0.15) is 0 Å². The Bertz CT molecular complexity index is 655. The molecule has 148 valence electrons. The van der Waals surface area contributed by atoms with Gasteiger partial charge in [-0.05, 0) is 43.2 Å². The van der Waals surface area contributed by atoms with E-state index in [1.54, 1.807) is 7.11 Å². The zero-order chi connectivity index (χ0) is 19.2. The number of piperidine rings is 1. The number of rotatable bonds is 7. The van der Waals surface area contributed by atoms with Gasteiger partial charge in [0, 0.05) is 26.6 Å². The summed E-state index contributed by atoms with van der Waals surface area (Å²) in [7, 11) is 1.64. The Morgan fingerprint density at radius 1 is 1.22 bits per heavy atom. The van der Waals surface area contributed by atoms with Gasteiger partial charge in [0.05, 0.1) is 18.6 Å². The van der Waals surface area contributed by atoms with Crippen LogP contribution in [0.1, 0.15) is 55.7 Å². The topological polar surface area (TPSA) is 58.6 Å². The van der Waals surface area contributed by atoms with E-state index >= 15 is 0 Å². The molecule has 1 aromatic rings. The molecule has 2 fully saturated rings. The summed E-state index contributed by atoms with van der Waals surface area (Å²) in [5.41, 5.74) is 2.19. The molecular weight excluding hydrogens is 340 g/mol. The Morgan fingerprint density at radius 2 is 1.96 bits per heavy atom. The summed E-state index contributed by atoms with van der Waals surface area (Å²) in [6, 6.07) is 7.87. The maximum Gasteiger partial charge on any atom is 0.225 e. The van der Waals surface area contributed by atoms with Gasteiger partial charge in [-0.1, -0.05) is 37.1 Å². The van der Waals surface area contributed by atoms with Gasteiger partial charge in [0.25, 0.3) is 0 Å². The number of nitrogens with one attached hydrogen (secondary N) is 1. The average molecular weight is 373 g/mol. The molecule has 1 aliphatic carbocycles. The largest absolute Gasteiger partial charge is 0.383 e. The summed E-state index contributed by atoms with van der Waals surface area (Å²) in [5.74, 6) is 0.605. The predicted octanol–water partition coefficient (Wildman–Crippen LogP) is 3.23. The molecule has 5 nitrogen and oxygen atoms in total. The highest BCUT2D eigenvalue weighted by molar-refractivity contribution is 5.85. The lowest BCUT2D eigenvalue weighted by Crippen LogP contribution is -2.49. The molecule has 0 aromatic heterocycles. The monoisotopic (exact) mass is 372 g/mol. The predicted molar refractivity (Wildman–Crippen MR) is 105 cm³/mol. The minimum absolute atomic E-state index is 0.0880. The fraction of sp³-hybridized carbons (Fsp3) is 0.636. The number of likely N-dealkylation sites (tertiary alicyclic amines) is 1. The fourth-order valence-corrected chi connectivity index (χ4v) is 4.57. The van der Waals surface area contributed by atoms with Crippen LogP contribution in [0.3, 0.4) is 0 Å². The molecule has 1 saturated carbocycles. The van der Waals surface area contributed by atoms with Crippen LogP contribution in [0, 0.1) is 18.8 Å². The number of hydrogen-bond acceptors (Lipinski definition) is 3. The van der Waals surface area contributed by atoms with Crippen LogP contribution >= 0.6 is 0 Å². The standard InChI is InChI=1S/C22H32N2O3/c1-16-7-3-6-10-18(16)21-19(11-12-20(25)24(21)13-14-27-2)22(26)23-15-17-8-4-5-9-17/h3,6-7,10,17,19,21H,4-5,8-9,11-15H2,1-2H3,(H,23,26)/t19-,21+/m1/s1. The molecule has 0 unspecified atom stereocenters. The first-order chi connectivity index (χ1) is 13.1. The molecule has 0 radical (unpaired) electrons. The van der Waals surface area contributed by atoms with Crippen molar-refractivity contribution < 1.29 is 14.3 Å². The van der Waals surface area contributed by atoms with Crippen LogP contribution in [-0.4, -0.2) is 43.5 Å². The van der Waals surface area contributed by atoms with Gasteiger partial charge in [0.15, 0.2) is 0 Å². The Kier molecular flexibility index (Phi) is 6.89. The van der Waals surface area contributed by atoms with E-state index in [-0.39, 0.29) is 23.8 Å². The number of nitrogens with zero attached hydrogens (tertiary/aromatic N) is 1. The normalized spacial score (nSPS) is 23.6. The van der Waals surface area contributed by atoms with E-state index in [1.807, 2.05) is 17.0 Å². The van der Waals surface area contributed by atoms with Crippen molar-refractivity contribution in [1.82, 2.24) is 10.2 Å². The van der Waals surface area contributed by atoms with Crippen LogP contribution in [0.4, 0.5) is 0 Å². The number of methoxy groups -OCH3 is 1. The molecule has 0 bridgehead atoms. The van der Waals surface area contributed by atoms with Crippen LogP contribution < -0.4 is 5.32 Å². The molecule has 1 aliphatic heterocycles. The lowest BCUT2D eigenvalue weighted by Gasteiger charge is -2.41. The van der Waals surface area contributed by atoms with Crippen LogP contribution in [-0.2, 0) is 14.3 Å². The van der Waals surface area contributed by atoms with E-state index in [1.165, 1.54) is 25.7 Å². The van der Waals surface area contributed by atoms with Gasteiger partial charge in [-0.3, -0.25) is 9.59 Å². The highest BCUT2D eigenvalue weighted by atomic mass is 16.5. The van der Waals surface area contributed by atoms with E-state index < -0.39 is 0 Å². The first kappa shape index (κ1) is 19.9. The summed E-state index contributed by atoms with van der Waals surface area (Å²) < 4.78 is 5.22. The van der Waals surface area contributed by atoms with E-state index in [9.17, 15) is 9.59 Å². The Hall–Kier alpha value is -1.88. The lowest BCUT2D eigenvalue weighted by atomic mass is 9.82. The highest BCUT2D eigenvalue weighted by Crippen LogP contribution is 2.38. The molecule has 1 heterocycles. The molecule has 1 N–H and O–H groups in total. The minimum atomic E-state index is -0.217. The van der Waals surface area contributed by atoms with Crippen molar-refractivity contribution in [2.24, 2.45) is 11.8 Å². The van der Waals surface area contributed by atoms with Crippen molar-refractivity contribution in [1.29, 1.82) is 0 Å². The number of ether oxygens (including phenoxy) is 1. The Labute approximate surface area is 162 Å². The number of carbonyl (C=O) groups excluding carboxylic acids is 2. The molecule has 2 aliphatic rings. The number of amides is 2. The number of aryl methyl sites for hydroxylation is 1. The molecule has 5 heteroatoms. The zero-order valence-corrected chi connectivity index (χ0v) is 16.6. The third-order valence-corrected chi connectivity index (χ3v) is 6.13. The molecule has 1 saturated heterocycles. The smallest absolute Gasteiger partial charge is 0.225 e. The van der Waals surface area contributed by atoms with Crippen molar-refractivity contribution in [3.63, 3.8) is 0 Å². The van der Waals surface area contributed by atoms with E-state index in [0.717, 1.165) is 17.7 Å². The molecule has 3 rings (SSSR count). The first-order valence-electron chi connectivity index (χ1n) is 10.2. The van der Waals surface area contributed by atoms with Crippen LogP contribution in [0.25, 0.3) is 0 Å². The SMILES string of the molecule is COCCN1C(=O)CC[C@@H](C(=O)NCC2CCCC2)[C@@H]1c1ccccc1C. The van der Waals surface area contributed by atoms with Crippen molar-refractivity contribution >= 4 is 11.8 Å². The van der Waals surface area contributed by atoms with Crippen molar-refractivity contribution in [3.8, 4) is 0 Å². The van der Waals surface area contributed by atoms with Gasteiger partial charge < -0.3 is 15.0 Å². The molecule has 27 heavy (non-hydrogen) atoms. The van der Waals surface area contributed by atoms with Gasteiger partial charge in [-0.15, -0.1) is 0 Å². The summed E-state index contributed by atoms with van der Waals surface area (Å²) in [6.45, 7) is 3.81. The van der Waals surface area contributed by atoms with Gasteiger partial charge in [0.1, 0.15) is 0 Å². The Morgan fingerprint density at radius 3 is 2.67 bits per heavy atom. The van der Waals surface area contributed by atoms with Gasteiger partial charge >= 0.3 is 0 Å². The number of hydrogen-bond donors (Lipinski definition) is 1. The third kappa shape index (κ3) is 4.70. The molecule has 2 atom stereocenters. The first-order valence-corrected chi connectivity index (χ1v) is 10.2. The molecule has 0 spiro atoms. The molecule has 1 aromatic carbocycles. The maximum atomic E-state index is 13.1. The van der Waals surface area contributed by atoms with E-state index in [2.05, 4.69) is 24.4 Å². The van der Waals surface area contributed by atoms with Crippen molar-refractivity contribution in [2.75, 3.05) is 26.8 Å². The fourth-order valence-electron chi connectivity index (χ4n) is 4.57.